The Bertz CT molecular complexity index is 693. The zero-order valence-electron chi connectivity index (χ0n) is 11.5. The molecule has 0 aromatic carbocycles. The highest BCUT2D eigenvalue weighted by Gasteiger charge is 2.13. The third-order valence-corrected chi connectivity index (χ3v) is 3.93. The lowest BCUT2D eigenvalue weighted by Crippen LogP contribution is -2.14. The van der Waals surface area contributed by atoms with Crippen LogP contribution in [0.15, 0.2) is 36.0 Å². The summed E-state index contributed by atoms with van der Waals surface area (Å²) in [6, 6.07) is 6.07. The number of rotatable bonds is 5. The summed E-state index contributed by atoms with van der Waals surface area (Å²) in [6.45, 7) is 2.11. The van der Waals surface area contributed by atoms with Crippen molar-refractivity contribution in [1.82, 2.24) is 24.7 Å². The highest BCUT2D eigenvalue weighted by atomic mass is 32.1. The number of thiophene rings is 1. The highest BCUT2D eigenvalue weighted by molar-refractivity contribution is 7.10. The smallest absolute Gasteiger partial charge is 0.257 e. The first kappa shape index (κ1) is 13.5. The van der Waals surface area contributed by atoms with Gasteiger partial charge in [-0.1, -0.05) is 13.0 Å². The molecule has 7 nitrogen and oxygen atoms in total. The molecule has 8 heteroatoms. The first-order chi connectivity index (χ1) is 10.3. The third-order valence-electron chi connectivity index (χ3n) is 2.95. The summed E-state index contributed by atoms with van der Waals surface area (Å²) < 4.78 is 1.55. The lowest BCUT2D eigenvalue weighted by Gasteiger charge is -2.15. The van der Waals surface area contributed by atoms with Crippen LogP contribution in [-0.4, -0.2) is 24.7 Å². The maximum Gasteiger partial charge on any atom is 0.257 e. The van der Waals surface area contributed by atoms with Crippen molar-refractivity contribution in [2.75, 3.05) is 11.1 Å². The Balaban J connectivity index is 1.88. The maximum absolute atomic E-state index is 5.76. The molecule has 108 valence electrons. The van der Waals surface area contributed by atoms with Crippen LogP contribution in [0, 0.1) is 0 Å². The lowest BCUT2D eigenvalue weighted by molar-refractivity contribution is 0.740. The van der Waals surface area contributed by atoms with Gasteiger partial charge in [-0.3, -0.25) is 0 Å². The van der Waals surface area contributed by atoms with Crippen LogP contribution in [0.4, 0.5) is 11.9 Å². The van der Waals surface area contributed by atoms with Gasteiger partial charge in [0.1, 0.15) is 0 Å². The van der Waals surface area contributed by atoms with E-state index in [4.69, 9.17) is 5.73 Å². The van der Waals surface area contributed by atoms with Gasteiger partial charge in [-0.05, 0) is 23.9 Å². The molecule has 3 heterocycles. The van der Waals surface area contributed by atoms with Gasteiger partial charge in [0, 0.05) is 17.3 Å². The van der Waals surface area contributed by atoms with Gasteiger partial charge in [0.15, 0.2) is 0 Å². The average molecular weight is 301 g/mol. The Morgan fingerprint density at radius 2 is 2.24 bits per heavy atom. The number of aromatic nitrogens is 5. The van der Waals surface area contributed by atoms with Crippen molar-refractivity contribution < 1.29 is 0 Å². The molecule has 3 rings (SSSR count). The molecule has 3 N–H and O–H groups in total. The van der Waals surface area contributed by atoms with Crippen molar-refractivity contribution in [2.24, 2.45) is 0 Å². The van der Waals surface area contributed by atoms with E-state index < -0.39 is 0 Å². The largest absolute Gasteiger partial charge is 0.368 e. The van der Waals surface area contributed by atoms with Crippen LogP contribution in [0.5, 0.6) is 0 Å². The predicted octanol–water partition coefficient (Wildman–Crippen LogP) is 2.26. The van der Waals surface area contributed by atoms with Gasteiger partial charge >= 0.3 is 0 Å². The summed E-state index contributed by atoms with van der Waals surface area (Å²) in [7, 11) is 0. The highest BCUT2D eigenvalue weighted by Crippen LogP contribution is 2.25. The number of nitrogens with one attached hydrogen (secondary N) is 1. The molecule has 0 aliphatic carbocycles. The summed E-state index contributed by atoms with van der Waals surface area (Å²) in [5, 5.41) is 9.45. The van der Waals surface area contributed by atoms with E-state index in [2.05, 4.69) is 43.7 Å². The second-order valence-corrected chi connectivity index (χ2v) is 5.37. The van der Waals surface area contributed by atoms with Crippen LogP contribution in [0.2, 0.25) is 0 Å². The Labute approximate surface area is 125 Å². The first-order valence-corrected chi connectivity index (χ1v) is 7.45. The number of nitrogens with two attached hydrogens (primary N) is 1. The SMILES string of the molecule is CCC(Nc1nc(N)nc(-n2cccn2)n1)c1cccs1. The molecular weight excluding hydrogens is 286 g/mol. The normalized spacial score (nSPS) is 12.2. The molecule has 0 spiro atoms. The van der Waals surface area contributed by atoms with E-state index in [1.54, 1.807) is 34.5 Å². The minimum Gasteiger partial charge on any atom is -0.368 e. The molecular formula is C13H15N7S. The number of nitrogens with zero attached hydrogens (tertiary/aromatic N) is 5. The monoisotopic (exact) mass is 301 g/mol. The van der Waals surface area contributed by atoms with Crippen molar-refractivity contribution in [1.29, 1.82) is 0 Å². The Hall–Kier alpha value is -2.48. The molecule has 0 radical (unpaired) electrons. The van der Waals surface area contributed by atoms with Gasteiger partial charge in [0.2, 0.25) is 11.9 Å². The molecule has 3 aromatic rings. The minimum absolute atomic E-state index is 0.150. The van der Waals surface area contributed by atoms with Crippen molar-refractivity contribution in [3.05, 3.63) is 40.8 Å². The van der Waals surface area contributed by atoms with Gasteiger partial charge in [-0.25, -0.2) is 4.68 Å². The summed E-state index contributed by atoms with van der Waals surface area (Å²) in [6.07, 6.45) is 4.34. The summed E-state index contributed by atoms with van der Waals surface area (Å²) >= 11 is 1.70. The fourth-order valence-electron chi connectivity index (χ4n) is 1.95. The Kier molecular flexibility index (Phi) is 3.78. The number of anilines is 2. The molecule has 3 aromatic heterocycles. The van der Waals surface area contributed by atoms with E-state index >= 15 is 0 Å². The van der Waals surface area contributed by atoms with Crippen LogP contribution in [-0.2, 0) is 0 Å². The van der Waals surface area contributed by atoms with Crippen LogP contribution < -0.4 is 11.1 Å². The third kappa shape index (κ3) is 3.00. The van der Waals surface area contributed by atoms with Gasteiger partial charge in [-0.2, -0.15) is 20.1 Å². The van der Waals surface area contributed by atoms with E-state index in [-0.39, 0.29) is 12.0 Å². The molecule has 0 saturated heterocycles. The molecule has 0 aliphatic rings. The van der Waals surface area contributed by atoms with Gasteiger partial charge in [0.25, 0.3) is 5.95 Å². The fraction of sp³-hybridized carbons (Fsp3) is 0.231. The summed E-state index contributed by atoms with van der Waals surface area (Å²) in [5.41, 5.74) is 5.76. The fourth-order valence-corrected chi connectivity index (χ4v) is 2.82. The molecule has 0 saturated carbocycles. The van der Waals surface area contributed by atoms with E-state index in [1.165, 1.54) is 4.88 Å². The van der Waals surface area contributed by atoms with Crippen LogP contribution in [0.3, 0.4) is 0 Å². The lowest BCUT2D eigenvalue weighted by atomic mass is 10.2. The van der Waals surface area contributed by atoms with Gasteiger partial charge in [-0.15, -0.1) is 11.3 Å². The summed E-state index contributed by atoms with van der Waals surface area (Å²) in [5.74, 6) is 1.02. The molecule has 0 amide bonds. The van der Waals surface area contributed by atoms with Gasteiger partial charge in [0.05, 0.1) is 6.04 Å². The second-order valence-electron chi connectivity index (χ2n) is 4.39. The van der Waals surface area contributed by atoms with E-state index in [1.807, 2.05) is 6.07 Å². The molecule has 0 aliphatic heterocycles. The molecule has 1 unspecified atom stereocenters. The van der Waals surface area contributed by atoms with E-state index in [0.29, 0.717) is 11.9 Å². The quantitative estimate of drug-likeness (QED) is 0.750. The van der Waals surface area contributed by atoms with Crippen molar-refractivity contribution in [2.45, 2.75) is 19.4 Å². The summed E-state index contributed by atoms with van der Waals surface area (Å²) in [4.78, 5) is 13.8. The predicted molar refractivity (Wildman–Crippen MR) is 82.3 cm³/mol. The Morgan fingerprint density at radius 3 is 2.90 bits per heavy atom. The number of hydrogen-bond acceptors (Lipinski definition) is 7. The van der Waals surface area contributed by atoms with Crippen LogP contribution in [0.25, 0.3) is 5.95 Å². The van der Waals surface area contributed by atoms with E-state index in [9.17, 15) is 0 Å². The zero-order chi connectivity index (χ0) is 14.7. The standard InChI is InChI=1S/C13H15N7S/c1-2-9(10-5-3-8-21-10)16-12-17-11(14)18-13(19-12)20-7-4-6-15-20/h3-9H,2H2,1H3,(H3,14,16,17,18,19). The van der Waals surface area contributed by atoms with Gasteiger partial charge < -0.3 is 11.1 Å². The molecule has 0 bridgehead atoms. The minimum atomic E-state index is 0.150. The molecule has 0 fully saturated rings. The molecule has 1 atom stereocenters. The van der Waals surface area contributed by atoms with Crippen molar-refractivity contribution >= 4 is 23.2 Å². The second kappa shape index (κ2) is 5.88. The molecule has 21 heavy (non-hydrogen) atoms. The average Bonchev–Trinajstić information content (AvgIpc) is 3.16. The van der Waals surface area contributed by atoms with Crippen LogP contribution in [0.1, 0.15) is 24.3 Å². The number of hydrogen-bond donors (Lipinski definition) is 2. The van der Waals surface area contributed by atoms with Crippen molar-refractivity contribution in [3.63, 3.8) is 0 Å². The topological polar surface area (TPSA) is 94.5 Å². The maximum atomic E-state index is 5.76. The first-order valence-electron chi connectivity index (χ1n) is 6.57. The van der Waals surface area contributed by atoms with E-state index in [0.717, 1.165) is 6.42 Å². The Morgan fingerprint density at radius 1 is 1.33 bits per heavy atom. The van der Waals surface area contributed by atoms with Crippen molar-refractivity contribution in [3.8, 4) is 5.95 Å². The van der Waals surface area contributed by atoms with Crippen LogP contribution >= 0.6 is 11.3 Å². The number of nitrogen functional groups attached to an aromatic ring is 1. The zero-order valence-corrected chi connectivity index (χ0v) is 12.3.